The summed E-state index contributed by atoms with van der Waals surface area (Å²) in [5, 5.41) is 0. The third-order valence-electron chi connectivity index (χ3n) is 3.53. The van der Waals surface area contributed by atoms with E-state index in [0.29, 0.717) is 0 Å². The highest BCUT2D eigenvalue weighted by atomic mass is 15.0. The summed E-state index contributed by atoms with van der Waals surface area (Å²) in [5.41, 5.74) is 4.78. The molecule has 3 rings (SSSR count). The summed E-state index contributed by atoms with van der Waals surface area (Å²) in [4.78, 5) is 4.22. The third-order valence-corrected chi connectivity index (χ3v) is 3.53. The molecule has 0 saturated carbocycles. The van der Waals surface area contributed by atoms with Crippen molar-refractivity contribution in [3.63, 3.8) is 0 Å². The molecule has 104 valence electrons. The van der Waals surface area contributed by atoms with E-state index < -0.39 is 0 Å². The lowest BCUT2D eigenvalue weighted by molar-refractivity contribution is 0.769. The molecule has 21 heavy (non-hydrogen) atoms. The molecule has 2 nitrogen and oxygen atoms in total. The maximum Gasteiger partial charge on any atom is 0.0950 e. The van der Waals surface area contributed by atoms with Crippen LogP contribution in [0.4, 0.5) is 0 Å². The lowest BCUT2D eigenvalue weighted by Gasteiger charge is -2.05. The normalized spacial score (nSPS) is 11.1. The van der Waals surface area contributed by atoms with Gasteiger partial charge in [0, 0.05) is 6.54 Å². The molecule has 0 amide bonds. The van der Waals surface area contributed by atoms with Gasteiger partial charge in [0.1, 0.15) is 0 Å². The highest BCUT2D eigenvalue weighted by Gasteiger charge is 2.02. The molecule has 0 aliphatic carbocycles. The van der Waals surface area contributed by atoms with Crippen LogP contribution < -0.4 is 0 Å². The van der Waals surface area contributed by atoms with Gasteiger partial charge in [-0.05, 0) is 23.6 Å². The first-order valence-electron chi connectivity index (χ1n) is 7.20. The zero-order valence-electron chi connectivity index (χ0n) is 12.1. The number of hydrogen-bond acceptors (Lipinski definition) is 1. The van der Waals surface area contributed by atoms with Crippen LogP contribution in [-0.4, -0.2) is 9.55 Å². The van der Waals surface area contributed by atoms with Gasteiger partial charge in [-0.1, -0.05) is 66.7 Å². The first-order valence-corrected chi connectivity index (χ1v) is 7.20. The molecule has 0 spiro atoms. The van der Waals surface area contributed by atoms with Crippen molar-refractivity contribution in [2.45, 2.75) is 13.5 Å². The number of aryl methyl sites for hydroxylation is 1. The Balaban J connectivity index is 1.80. The molecule has 0 fully saturated rings. The maximum atomic E-state index is 4.22. The van der Waals surface area contributed by atoms with Gasteiger partial charge >= 0.3 is 0 Å². The van der Waals surface area contributed by atoms with Crippen LogP contribution in [0.1, 0.15) is 18.1 Å². The fraction of sp³-hybridized carbons (Fsp3) is 0.105. The van der Waals surface area contributed by atoms with Crippen LogP contribution >= 0.6 is 0 Å². The number of rotatable bonds is 4. The van der Waals surface area contributed by atoms with Gasteiger partial charge in [0.15, 0.2) is 0 Å². The average Bonchev–Trinajstić information content (AvgIpc) is 3.03. The van der Waals surface area contributed by atoms with Crippen molar-refractivity contribution in [3.8, 4) is 11.3 Å². The Morgan fingerprint density at radius 2 is 1.57 bits per heavy atom. The minimum absolute atomic E-state index is 0.936. The van der Waals surface area contributed by atoms with E-state index in [9.17, 15) is 0 Å². The Kier molecular flexibility index (Phi) is 3.97. The molecule has 0 unspecified atom stereocenters. The second kappa shape index (κ2) is 6.23. The molecule has 0 atom stereocenters. The lowest BCUT2D eigenvalue weighted by Crippen LogP contribution is -1.94. The average molecular weight is 274 g/mol. The van der Waals surface area contributed by atoms with E-state index in [1.54, 1.807) is 0 Å². The van der Waals surface area contributed by atoms with E-state index >= 15 is 0 Å². The second-order valence-electron chi connectivity index (χ2n) is 4.93. The summed E-state index contributed by atoms with van der Waals surface area (Å²) in [6.07, 6.45) is 8.05. The first kappa shape index (κ1) is 13.4. The summed E-state index contributed by atoms with van der Waals surface area (Å²) in [6, 6.07) is 18.9. The topological polar surface area (TPSA) is 17.8 Å². The summed E-state index contributed by atoms with van der Waals surface area (Å²) < 4.78 is 2.15. The molecule has 0 radical (unpaired) electrons. The van der Waals surface area contributed by atoms with Crippen LogP contribution in [0.25, 0.3) is 23.4 Å². The molecule has 0 aliphatic rings. The first-order chi connectivity index (χ1) is 10.4. The van der Waals surface area contributed by atoms with E-state index in [1.807, 2.05) is 18.6 Å². The van der Waals surface area contributed by atoms with Gasteiger partial charge in [-0.2, -0.15) is 0 Å². The molecule has 0 aliphatic heterocycles. The minimum Gasteiger partial charge on any atom is -0.331 e. The van der Waals surface area contributed by atoms with Crippen molar-refractivity contribution in [3.05, 3.63) is 78.2 Å². The van der Waals surface area contributed by atoms with Crippen molar-refractivity contribution in [1.29, 1.82) is 0 Å². The van der Waals surface area contributed by atoms with E-state index in [0.717, 1.165) is 12.2 Å². The number of aromatic nitrogens is 2. The SMILES string of the molecule is CCn1cncc1-c1ccc(/C=C/c2ccccc2)cc1. The van der Waals surface area contributed by atoms with Crippen molar-refractivity contribution in [2.24, 2.45) is 0 Å². The van der Waals surface area contributed by atoms with Crippen molar-refractivity contribution >= 4 is 12.2 Å². The van der Waals surface area contributed by atoms with Crippen molar-refractivity contribution in [2.75, 3.05) is 0 Å². The Morgan fingerprint density at radius 3 is 2.24 bits per heavy atom. The molecular weight excluding hydrogens is 256 g/mol. The van der Waals surface area contributed by atoms with Crippen LogP contribution in [0, 0.1) is 0 Å². The number of benzene rings is 2. The van der Waals surface area contributed by atoms with E-state index in [-0.39, 0.29) is 0 Å². The second-order valence-corrected chi connectivity index (χ2v) is 4.93. The molecule has 2 heteroatoms. The van der Waals surface area contributed by atoms with E-state index in [2.05, 4.69) is 77.2 Å². The Hall–Kier alpha value is -2.61. The predicted molar refractivity (Wildman–Crippen MR) is 88.7 cm³/mol. The zero-order valence-corrected chi connectivity index (χ0v) is 12.1. The lowest BCUT2D eigenvalue weighted by atomic mass is 10.1. The van der Waals surface area contributed by atoms with Gasteiger partial charge in [-0.3, -0.25) is 0 Å². The Morgan fingerprint density at radius 1 is 0.905 bits per heavy atom. The quantitative estimate of drug-likeness (QED) is 0.628. The van der Waals surface area contributed by atoms with Gasteiger partial charge < -0.3 is 4.57 Å². The van der Waals surface area contributed by atoms with Crippen LogP contribution in [0.5, 0.6) is 0 Å². The van der Waals surface area contributed by atoms with Crippen LogP contribution in [0.3, 0.4) is 0 Å². The van der Waals surface area contributed by atoms with Gasteiger partial charge in [0.2, 0.25) is 0 Å². The third kappa shape index (κ3) is 3.11. The van der Waals surface area contributed by atoms with E-state index in [4.69, 9.17) is 0 Å². The fourth-order valence-electron chi connectivity index (χ4n) is 2.33. The molecule has 0 bridgehead atoms. The molecule has 0 saturated heterocycles. The minimum atomic E-state index is 0.936. The Labute approximate surface area is 125 Å². The number of hydrogen-bond donors (Lipinski definition) is 0. The maximum absolute atomic E-state index is 4.22. The standard InChI is InChI=1S/C19H18N2/c1-2-21-15-20-14-19(21)18-12-10-17(11-13-18)9-8-16-6-4-3-5-7-16/h3-15H,2H2,1H3/b9-8+. The van der Waals surface area contributed by atoms with Crippen molar-refractivity contribution in [1.82, 2.24) is 9.55 Å². The molecule has 1 heterocycles. The number of imidazole rings is 1. The molecular formula is C19H18N2. The van der Waals surface area contributed by atoms with Gasteiger partial charge in [-0.25, -0.2) is 4.98 Å². The zero-order chi connectivity index (χ0) is 14.5. The van der Waals surface area contributed by atoms with Crippen LogP contribution in [-0.2, 0) is 6.54 Å². The van der Waals surface area contributed by atoms with Crippen LogP contribution in [0.2, 0.25) is 0 Å². The van der Waals surface area contributed by atoms with Crippen LogP contribution in [0.15, 0.2) is 67.1 Å². The predicted octanol–water partition coefficient (Wildman–Crippen LogP) is 4.74. The largest absolute Gasteiger partial charge is 0.331 e. The summed E-state index contributed by atoms with van der Waals surface area (Å²) in [5.74, 6) is 0. The Bertz CT molecular complexity index is 722. The fourth-order valence-corrected chi connectivity index (χ4v) is 2.33. The summed E-state index contributed by atoms with van der Waals surface area (Å²) in [6.45, 7) is 3.06. The monoisotopic (exact) mass is 274 g/mol. The van der Waals surface area contributed by atoms with Gasteiger partial charge in [0.05, 0.1) is 18.2 Å². The highest BCUT2D eigenvalue weighted by Crippen LogP contribution is 2.20. The highest BCUT2D eigenvalue weighted by molar-refractivity contribution is 5.71. The van der Waals surface area contributed by atoms with Crippen molar-refractivity contribution < 1.29 is 0 Å². The molecule has 1 aromatic heterocycles. The molecule has 2 aromatic carbocycles. The number of nitrogens with zero attached hydrogens (tertiary/aromatic N) is 2. The molecule has 3 aromatic rings. The van der Waals surface area contributed by atoms with E-state index in [1.165, 1.54) is 16.7 Å². The molecule has 0 N–H and O–H groups in total. The summed E-state index contributed by atoms with van der Waals surface area (Å²) >= 11 is 0. The van der Waals surface area contributed by atoms with Gasteiger partial charge in [0.25, 0.3) is 0 Å². The smallest absolute Gasteiger partial charge is 0.0950 e. The summed E-state index contributed by atoms with van der Waals surface area (Å²) in [7, 11) is 0. The van der Waals surface area contributed by atoms with Gasteiger partial charge in [-0.15, -0.1) is 0 Å².